The fourth-order valence-corrected chi connectivity index (χ4v) is 3.32. The molecule has 2 heterocycles. The van der Waals surface area contributed by atoms with E-state index in [4.69, 9.17) is 0 Å². The van der Waals surface area contributed by atoms with Crippen LogP contribution in [-0.4, -0.2) is 15.9 Å². The van der Waals surface area contributed by atoms with Gasteiger partial charge in [-0.25, -0.2) is 4.98 Å². The van der Waals surface area contributed by atoms with Crippen molar-refractivity contribution in [2.24, 2.45) is 0 Å². The molecule has 4 nitrogen and oxygen atoms in total. The lowest BCUT2D eigenvalue weighted by Gasteiger charge is -2.13. The normalized spacial score (nSPS) is 12.6. The molecule has 0 fully saturated rings. The summed E-state index contributed by atoms with van der Waals surface area (Å²) in [5.74, 6) is -0.185. The van der Waals surface area contributed by atoms with E-state index in [0.29, 0.717) is 16.3 Å². The van der Waals surface area contributed by atoms with E-state index >= 15 is 0 Å². The van der Waals surface area contributed by atoms with Crippen LogP contribution in [0, 0.1) is 0 Å². The van der Waals surface area contributed by atoms with Crippen LogP contribution < -0.4 is 5.32 Å². The third kappa shape index (κ3) is 4.91. The Balaban J connectivity index is 1.63. The first kappa shape index (κ1) is 19.0. The zero-order valence-electron chi connectivity index (χ0n) is 14.3. The van der Waals surface area contributed by atoms with Gasteiger partial charge in [-0.2, -0.15) is 13.2 Å². The summed E-state index contributed by atoms with van der Waals surface area (Å²) in [6.45, 7) is 1.86. The van der Waals surface area contributed by atoms with Gasteiger partial charge in [0, 0.05) is 23.3 Å². The summed E-state index contributed by atoms with van der Waals surface area (Å²) >= 11 is 1.29. The van der Waals surface area contributed by atoms with Gasteiger partial charge in [-0.3, -0.25) is 9.78 Å². The zero-order valence-corrected chi connectivity index (χ0v) is 15.1. The van der Waals surface area contributed by atoms with E-state index in [1.807, 2.05) is 13.0 Å². The van der Waals surface area contributed by atoms with Crippen molar-refractivity contribution in [2.45, 2.75) is 25.6 Å². The van der Waals surface area contributed by atoms with Crippen LogP contribution >= 0.6 is 11.3 Å². The summed E-state index contributed by atoms with van der Waals surface area (Å²) in [7, 11) is 0. The Morgan fingerprint density at radius 2 is 1.96 bits per heavy atom. The highest BCUT2D eigenvalue weighted by Gasteiger charge is 2.30. The molecule has 0 saturated heterocycles. The van der Waals surface area contributed by atoms with Crippen LogP contribution in [0.4, 0.5) is 13.2 Å². The Bertz CT molecular complexity index is 908. The second kappa shape index (κ2) is 7.87. The smallest absolute Gasteiger partial charge is 0.349 e. The second-order valence-corrected chi connectivity index (χ2v) is 6.83. The number of hydrogen-bond donors (Lipinski definition) is 1. The van der Waals surface area contributed by atoms with Gasteiger partial charge in [0.25, 0.3) is 0 Å². The van der Waals surface area contributed by atoms with Crippen LogP contribution in [-0.2, 0) is 17.4 Å². The van der Waals surface area contributed by atoms with Gasteiger partial charge in [0.2, 0.25) is 5.91 Å². The average Bonchev–Trinajstić information content (AvgIpc) is 3.10. The minimum Gasteiger partial charge on any atom is -0.349 e. The van der Waals surface area contributed by atoms with Crippen molar-refractivity contribution in [3.63, 3.8) is 0 Å². The molecule has 0 aliphatic rings. The molecule has 8 heteroatoms. The lowest BCUT2D eigenvalue weighted by Crippen LogP contribution is -2.28. The van der Waals surface area contributed by atoms with Gasteiger partial charge in [0.05, 0.1) is 23.7 Å². The number of rotatable bonds is 5. The molecule has 0 saturated carbocycles. The summed E-state index contributed by atoms with van der Waals surface area (Å²) in [4.78, 5) is 20.6. The van der Waals surface area contributed by atoms with Gasteiger partial charge < -0.3 is 5.32 Å². The highest BCUT2D eigenvalue weighted by molar-refractivity contribution is 7.13. The van der Waals surface area contributed by atoms with Crippen molar-refractivity contribution in [1.29, 1.82) is 0 Å². The molecule has 3 rings (SSSR count). The molecule has 1 unspecified atom stereocenters. The number of hydrogen-bond acceptors (Lipinski definition) is 4. The molecule has 140 valence electrons. The molecule has 0 aliphatic heterocycles. The maximum atomic E-state index is 12.6. The fraction of sp³-hybridized carbons (Fsp3) is 0.211. The monoisotopic (exact) mass is 391 g/mol. The Morgan fingerprint density at radius 3 is 2.59 bits per heavy atom. The first-order chi connectivity index (χ1) is 12.8. The van der Waals surface area contributed by atoms with Crippen molar-refractivity contribution in [2.75, 3.05) is 0 Å². The number of pyridine rings is 1. The van der Waals surface area contributed by atoms with Crippen LogP contribution in [0.1, 0.15) is 29.8 Å². The summed E-state index contributed by atoms with van der Waals surface area (Å²) in [5, 5.41) is 5.19. The van der Waals surface area contributed by atoms with Crippen molar-refractivity contribution < 1.29 is 18.0 Å². The lowest BCUT2D eigenvalue weighted by atomic mass is 10.1. The molecule has 1 atom stereocenters. The number of amides is 1. The molecule has 0 aliphatic carbocycles. The van der Waals surface area contributed by atoms with E-state index in [-0.39, 0.29) is 18.4 Å². The Labute approximate surface area is 158 Å². The van der Waals surface area contributed by atoms with Crippen LogP contribution in [0.25, 0.3) is 10.6 Å². The summed E-state index contributed by atoms with van der Waals surface area (Å²) in [5.41, 5.74) is 1.36. The van der Waals surface area contributed by atoms with Gasteiger partial charge in [0.15, 0.2) is 0 Å². The quantitative estimate of drug-likeness (QED) is 0.689. The minimum atomic E-state index is -4.37. The number of carbonyl (C=O) groups is 1. The van der Waals surface area contributed by atoms with Gasteiger partial charge in [-0.1, -0.05) is 18.2 Å². The maximum absolute atomic E-state index is 12.6. The number of benzene rings is 1. The van der Waals surface area contributed by atoms with Crippen molar-refractivity contribution in [3.8, 4) is 10.6 Å². The number of carbonyl (C=O) groups excluding carboxylic acids is 1. The molecule has 1 amide bonds. The van der Waals surface area contributed by atoms with Gasteiger partial charge in [-0.15, -0.1) is 11.3 Å². The van der Waals surface area contributed by atoms with E-state index in [1.165, 1.54) is 23.5 Å². The Morgan fingerprint density at radius 1 is 1.22 bits per heavy atom. The van der Waals surface area contributed by atoms with Crippen LogP contribution in [0.15, 0.2) is 54.2 Å². The third-order valence-electron chi connectivity index (χ3n) is 3.91. The Kier molecular flexibility index (Phi) is 5.55. The second-order valence-electron chi connectivity index (χ2n) is 5.97. The predicted octanol–water partition coefficient (Wildman–Crippen LogP) is 4.64. The van der Waals surface area contributed by atoms with E-state index in [2.05, 4.69) is 15.3 Å². The zero-order chi connectivity index (χ0) is 19.4. The predicted molar refractivity (Wildman–Crippen MR) is 97.1 cm³/mol. The highest BCUT2D eigenvalue weighted by atomic mass is 32.1. The van der Waals surface area contributed by atoms with Crippen LogP contribution in [0.2, 0.25) is 0 Å². The van der Waals surface area contributed by atoms with Crippen molar-refractivity contribution >= 4 is 17.2 Å². The molecular formula is C19H16F3N3OS. The summed E-state index contributed by atoms with van der Waals surface area (Å²) in [6.07, 6.45) is -0.913. The average molecular weight is 391 g/mol. The van der Waals surface area contributed by atoms with E-state index in [9.17, 15) is 18.0 Å². The van der Waals surface area contributed by atoms with Gasteiger partial charge in [0.1, 0.15) is 5.01 Å². The molecule has 1 aromatic carbocycles. The van der Waals surface area contributed by atoms with Crippen LogP contribution in [0.3, 0.4) is 0 Å². The number of aromatic nitrogens is 2. The number of thiazole rings is 1. The van der Waals surface area contributed by atoms with Gasteiger partial charge in [-0.05, 0) is 30.7 Å². The topological polar surface area (TPSA) is 54.9 Å². The standard InChI is InChI=1S/C19H16F3N3OS/c1-12(14-3-2-8-23-10-14)24-17(26)9-16-11-27-18(25-16)13-4-6-15(7-5-13)19(20,21)22/h2-8,10-12H,9H2,1H3,(H,24,26). The lowest BCUT2D eigenvalue weighted by molar-refractivity contribution is -0.137. The summed E-state index contributed by atoms with van der Waals surface area (Å²) < 4.78 is 37.9. The molecule has 0 bridgehead atoms. The molecule has 0 radical (unpaired) electrons. The SMILES string of the molecule is CC(NC(=O)Cc1csc(-c2ccc(C(F)(F)F)cc2)n1)c1cccnc1. The number of nitrogens with zero attached hydrogens (tertiary/aromatic N) is 2. The van der Waals surface area contributed by atoms with E-state index in [1.54, 1.807) is 23.8 Å². The Hall–Kier alpha value is -2.74. The number of alkyl halides is 3. The number of nitrogens with one attached hydrogen (secondary N) is 1. The van der Waals surface area contributed by atoms with Crippen molar-refractivity contribution in [1.82, 2.24) is 15.3 Å². The minimum absolute atomic E-state index is 0.0989. The third-order valence-corrected chi connectivity index (χ3v) is 4.85. The summed E-state index contributed by atoms with van der Waals surface area (Å²) in [6, 6.07) is 8.32. The molecular weight excluding hydrogens is 375 g/mol. The first-order valence-corrected chi connectivity index (χ1v) is 9.02. The fourth-order valence-electron chi connectivity index (χ4n) is 2.49. The van der Waals surface area contributed by atoms with E-state index < -0.39 is 11.7 Å². The molecule has 27 heavy (non-hydrogen) atoms. The van der Waals surface area contributed by atoms with Crippen LogP contribution in [0.5, 0.6) is 0 Å². The number of halogens is 3. The molecule has 0 spiro atoms. The highest BCUT2D eigenvalue weighted by Crippen LogP contribution is 2.31. The van der Waals surface area contributed by atoms with Gasteiger partial charge >= 0.3 is 6.18 Å². The van der Waals surface area contributed by atoms with Crippen molar-refractivity contribution in [3.05, 3.63) is 71.0 Å². The van der Waals surface area contributed by atoms with E-state index in [0.717, 1.165) is 17.7 Å². The maximum Gasteiger partial charge on any atom is 0.416 e. The largest absolute Gasteiger partial charge is 0.416 e. The molecule has 2 aromatic heterocycles. The molecule has 1 N–H and O–H groups in total. The first-order valence-electron chi connectivity index (χ1n) is 8.14. The molecule has 3 aromatic rings.